The second-order valence-electron chi connectivity index (χ2n) is 7.60. The fourth-order valence-corrected chi connectivity index (χ4v) is 4.17. The van der Waals surface area contributed by atoms with Crippen LogP contribution in [0.15, 0.2) is 95.6 Å². The van der Waals surface area contributed by atoms with Crippen molar-refractivity contribution < 1.29 is 14.1 Å². The van der Waals surface area contributed by atoms with Crippen LogP contribution in [0.1, 0.15) is 21.6 Å². The van der Waals surface area contributed by atoms with Gasteiger partial charge in [-0.1, -0.05) is 72.8 Å². The first-order valence-electron chi connectivity index (χ1n) is 10.4. The van der Waals surface area contributed by atoms with Crippen LogP contribution in [0.3, 0.4) is 0 Å². The summed E-state index contributed by atoms with van der Waals surface area (Å²) >= 11 is 0. The number of ketones is 1. The summed E-state index contributed by atoms with van der Waals surface area (Å²) in [5.74, 6) is -0.0983. The largest absolute Gasteiger partial charge is 0.464 e. The number of nitro groups is 1. The molecule has 0 bridgehead atoms. The molecule has 0 saturated carbocycles. The van der Waals surface area contributed by atoms with Crippen molar-refractivity contribution in [3.05, 3.63) is 118 Å². The molecule has 0 N–H and O–H groups in total. The van der Waals surface area contributed by atoms with Gasteiger partial charge in [-0.2, -0.15) is 0 Å². The third-order valence-electron chi connectivity index (χ3n) is 5.61. The van der Waals surface area contributed by atoms with Crippen LogP contribution in [-0.4, -0.2) is 15.7 Å². The number of benzene rings is 3. The number of fused-ring (bicyclic) bond motifs is 1. The lowest BCUT2D eigenvalue weighted by atomic mass is 9.90. The van der Waals surface area contributed by atoms with E-state index in [1.807, 2.05) is 36.4 Å². The highest BCUT2D eigenvalue weighted by Crippen LogP contribution is 2.42. The van der Waals surface area contributed by atoms with Crippen LogP contribution in [0.25, 0.3) is 33.4 Å². The van der Waals surface area contributed by atoms with Crippen molar-refractivity contribution >= 4 is 22.2 Å². The van der Waals surface area contributed by atoms with Crippen LogP contribution in [0.4, 0.5) is 5.69 Å². The molecule has 0 amide bonds. The van der Waals surface area contributed by atoms with Crippen LogP contribution in [0.2, 0.25) is 0 Å². The number of aryl methyl sites for hydroxylation is 1. The highest BCUT2D eigenvalue weighted by atomic mass is 16.6. The fraction of sp³-hybridized carbons (Fsp3) is 0.0370. The molecule has 0 aliphatic rings. The van der Waals surface area contributed by atoms with Gasteiger partial charge in [0.1, 0.15) is 17.0 Å². The summed E-state index contributed by atoms with van der Waals surface area (Å²) in [4.78, 5) is 30.3. The molecular formula is C27H18N2O4. The number of aromatic nitrogens is 1. The highest BCUT2D eigenvalue weighted by Gasteiger charge is 2.33. The topological polar surface area (TPSA) is 86.2 Å². The molecule has 3 aromatic carbocycles. The Morgan fingerprint density at radius 3 is 2.36 bits per heavy atom. The van der Waals surface area contributed by atoms with Crippen molar-refractivity contribution in [3.63, 3.8) is 0 Å². The number of nitrogens with zero attached hydrogens (tertiary/aromatic N) is 2. The molecule has 160 valence electrons. The van der Waals surface area contributed by atoms with Crippen LogP contribution in [-0.2, 0) is 0 Å². The maximum atomic E-state index is 13.9. The van der Waals surface area contributed by atoms with Crippen molar-refractivity contribution in [2.75, 3.05) is 0 Å². The molecule has 33 heavy (non-hydrogen) atoms. The normalized spacial score (nSPS) is 10.9. The Bertz CT molecular complexity index is 1500. The van der Waals surface area contributed by atoms with Gasteiger partial charge in [0.2, 0.25) is 0 Å². The Balaban J connectivity index is 1.86. The molecule has 5 rings (SSSR count). The monoisotopic (exact) mass is 434 g/mol. The van der Waals surface area contributed by atoms with Gasteiger partial charge in [-0.3, -0.25) is 14.9 Å². The Morgan fingerprint density at radius 1 is 0.909 bits per heavy atom. The van der Waals surface area contributed by atoms with E-state index < -0.39 is 4.92 Å². The Morgan fingerprint density at radius 2 is 1.64 bits per heavy atom. The molecule has 0 aliphatic carbocycles. The third-order valence-corrected chi connectivity index (χ3v) is 5.61. The number of pyridine rings is 1. The minimum atomic E-state index is -0.494. The minimum Gasteiger partial charge on any atom is -0.464 e. The summed E-state index contributed by atoms with van der Waals surface area (Å²) in [7, 11) is 0. The molecule has 0 atom stereocenters. The van der Waals surface area contributed by atoms with Crippen molar-refractivity contribution in [1.82, 2.24) is 4.98 Å². The van der Waals surface area contributed by atoms with E-state index in [2.05, 4.69) is 4.98 Å². The molecule has 6 nitrogen and oxygen atoms in total. The lowest BCUT2D eigenvalue weighted by molar-refractivity contribution is -0.383. The number of rotatable bonds is 5. The van der Waals surface area contributed by atoms with E-state index >= 15 is 0 Å². The summed E-state index contributed by atoms with van der Waals surface area (Å²) in [6.07, 6.45) is 1.43. The lowest BCUT2D eigenvalue weighted by Gasteiger charge is -2.15. The Labute approximate surface area is 189 Å². The minimum absolute atomic E-state index is 0.134. The zero-order chi connectivity index (χ0) is 22.9. The first kappa shape index (κ1) is 20.3. The number of hydrogen-bond donors (Lipinski definition) is 0. The molecule has 0 radical (unpaired) electrons. The summed E-state index contributed by atoms with van der Waals surface area (Å²) in [6, 6.07) is 25.2. The van der Waals surface area contributed by atoms with Crippen molar-refractivity contribution in [3.8, 4) is 22.6 Å². The molecule has 2 aromatic heterocycles. The number of carbonyl (C=O) groups excluding carboxylic acids is 1. The molecule has 6 heteroatoms. The second-order valence-corrected chi connectivity index (χ2v) is 7.60. The summed E-state index contributed by atoms with van der Waals surface area (Å²) in [6.45, 7) is 1.70. The van der Waals surface area contributed by atoms with Crippen LogP contribution in [0.5, 0.6) is 0 Å². The van der Waals surface area contributed by atoms with E-state index in [0.717, 1.165) is 10.8 Å². The average molecular weight is 434 g/mol. The highest BCUT2D eigenvalue weighted by molar-refractivity contribution is 6.20. The van der Waals surface area contributed by atoms with Crippen LogP contribution < -0.4 is 0 Å². The van der Waals surface area contributed by atoms with Gasteiger partial charge in [-0.15, -0.1) is 0 Å². The summed E-state index contributed by atoms with van der Waals surface area (Å²) in [5, 5.41) is 14.0. The fourth-order valence-electron chi connectivity index (χ4n) is 4.17. The molecule has 0 saturated heterocycles. The zero-order valence-corrected chi connectivity index (χ0v) is 17.7. The van der Waals surface area contributed by atoms with E-state index in [9.17, 15) is 14.9 Å². The third kappa shape index (κ3) is 3.47. The van der Waals surface area contributed by atoms with Crippen LogP contribution >= 0.6 is 0 Å². The average Bonchev–Trinajstić information content (AvgIpc) is 3.37. The summed E-state index contributed by atoms with van der Waals surface area (Å²) < 4.78 is 5.59. The van der Waals surface area contributed by atoms with Gasteiger partial charge in [0.25, 0.3) is 0 Å². The van der Waals surface area contributed by atoms with E-state index in [1.165, 1.54) is 6.26 Å². The molecule has 2 heterocycles. The zero-order valence-electron chi connectivity index (χ0n) is 17.7. The Kier molecular flexibility index (Phi) is 5.03. The Hall–Kier alpha value is -4.58. The predicted molar refractivity (Wildman–Crippen MR) is 126 cm³/mol. The lowest BCUT2D eigenvalue weighted by Crippen LogP contribution is -2.12. The molecule has 0 aliphatic heterocycles. The number of hydrogen-bond acceptors (Lipinski definition) is 5. The van der Waals surface area contributed by atoms with E-state index in [4.69, 9.17) is 4.42 Å². The van der Waals surface area contributed by atoms with Gasteiger partial charge < -0.3 is 4.42 Å². The van der Waals surface area contributed by atoms with Crippen molar-refractivity contribution in [1.29, 1.82) is 0 Å². The first-order chi connectivity index (χ1) is 16.1. The van der Waals surface area contributed by atoms with Crippen molar-refractivity contribution in [2.45, 2.75) is 6.92 Å². The van der Waals surface area contributed by atoms with Gasteiger partial charge in [-0.05, 0) is 29.8 Å². The molecule has 0 spiro atoms. The van der Waals surface area contributed by atoms with E-state index in [-0.39, 0.29) is 34.1 Å². The summed E-state index contributed by atoms with van der Waals surface area (Å²) in [5.41, 5.74) is 1.66. The van der Waals surface area contributed by atoms with E-state index in [0.29, 0.717) is 16.8 Å². The maximum Gasteiger partial charge on any atom is 0.307 e. The van der Waals surface area contributed by atoms with Crippen LogP contribution in [0, 0.1) is 17.0 Å². The quantitative estimate of drug-likeness (QED) is 0.176. The SMILES string of the molecule is Cc1nc(-c2ccccc2)c([N+](=O)[O-])c(-c2ccco2)c1C(=O)c1cccc2ccccc12. The van der Waals surface area contributed by atoms with Crippen molar-refractivity contribution in [2.24, 2.45) is 0 Å². The van der Waals surface area contributed by atoms with Gasteiger partial charge in [0, 0.05) is 11.1 Å². The number of furan rings is 1. The standard InChI is InChI=1S/C27H18N2O4/c1-17-23(27(30)21-14-7-12-18-9-5-6-13-20(18)21)24(22-15-8-16-33-22)26(29(31)32)25(28-17)19-10-3-2-4-11-19/h2-16H,1H3. The maximum absolute atomic E-state index is 13.9. The molecular weight excluding hydrogens is 416 g/mol. The molecule has 0 fully saturated rings. The first-order valence-corrected chi connectivity index (χ1v) is 10.4. The number of carbonyl (C=O) groups is 1. The van der Waals surface area contributed by atoms with Gasteiger partial charge in [0.15, 0.2) is 5.78 Å². The second kappa shape index (κ2) is 8.16. The molecule has 5 aromatic rings. The molecule has 0 unspecified atom stereocenters. The van der Waals surface area contributed by atoms with E-state index in [1.54, 1.807) is 55.5 Å². The van der Waals surface area contributed by atoms with Gasteiger partial charge in [0.05, 0.1) is 22.4 Å². The predicted octanol–water partition coefficient (Wildman–Crippen LogP) is 6.61. The van der Waals surface area contributed by atoms with Gasteiger partial charge >= 0.3 is 5.69 Å². The van der Waals surface area contributed by atoms with Gasteiger partial charge in [-0.25, -0.2) is 4.98 Å². The smallest absolute Gasteiger partial charge is 0.307 e.